The minimum absolute atomic E-state index is 0.0413. The third-order valence-electron chi connectivity index (χ3n) is 5.74. The van der Waals surface area contributed by atoms with Gasteiger partial charge in [-0.1, -0.05) is 0 Å². The van der Waals surface area contributed by atoms with Crippen molar-refractivity contribution in [2.75, 3.05) is 31.0 Å². The number of ether oxygens (including phenoxy) is 2. The molecule has 0 amide bonds. The Balaban J connectivity index is 1.60. The van der Waals surface area contributed by atoms with Gasteiger partial charge >= 0.3 is 0 Å². The number of hydrogen-bond acceptors (Lipinski definition) is 6. The lowest BCUT2D eigenvalue weighted by Crippen LogP contribution is -2.23. The summed E-state index contributed by atoms with van der Waals surface area (Å²) in [7, 11) is -0.0620. The second kappa shape index (κ2) is 10.6. The molecule has 1 unspecified atom stereocenters. The van der Waals surface area contributed by atoms with Crippen molar-refractivity contribution in [3.63, 3.8) is 0 Å². The average molecular weight is 471 g/mol. The third-order valence-corrected chi connectivity index (χ3v) is 6.31. The van der Waals surface area contributed by atoms with Gasteiger partial charge in [-0.25, -0.2) is 18.7 Å². The van der Waals surface area contributed by atoms with Crippen LogP contribution in [0.25, 0.3) is 10.9 Å². The predicted molar refractivity (Wildman–Crippen MR) is 134 cm³/mol. The van der Waals surface area contributed by atoms with Crippen LogP contribution in [0.15, 0.2) is 41.0 Å². The first-order valence-corrected chi connectivity index (χ1v) is 13.2. The molecule has 1 atom stereocenters. The fourth-order valence-electron chi connectivity index (χ4n) is 4.27. The van der Waals surface area contributed by atoms with Crippen LogP contribution in [0.3, 0.4) is 0 Å². The molecule has 1 aromatic heterocycles. The van der Waals surface area contributed by atoms with Crippen LogP contribution >= 0.6 is 0 Å². The average Bonchev–Trinajstić information content (AvgIpc) is 2.75. The normalized spacial score (nSPS) is 15.6. The maximum Gasteiger partial charge on any atom is 0.146 e. The second-order valence-corrected chi connectivity index (χ2v) is 10.5. The lowest BCUT2D eigenvalue weighted by Gasteiger charge is -2.26. The molecular formula is C25H31FN4O2S. The molecule has 0 saturated carbocycles. The molecule has 1 fully saturated rings. The number of benzene rings is 2. The van der Waals surface area contributed by atoms with Gasteiger partial charge in [-0.2, -0.15) is 0 Å². The molecule has 0 aliphatic carbocycles. The number of hydrogen-bond donors (Lipinski definition) is 1. The molecule has 176 valence electrons. The molecular weight excluding hydrogens is 439 g/mol. The van der Waals surface area contributed by atoms with E-state index in [1.807, 2.05) is 26.0 Å². The van der Waals surface area contributed by atoms with E-state index >= 15 is 0 Å². The fourth-order valence-corrected chi connectivity index (χ4v) is 4.80. The zero-order chi connectivity index (χ0) is 23.4. The molecule has 8 heteroatoms. The van der Waals surface area contributed by atoms with Gasteiger partial charge in [-0.15, -0.1) is 10.7 Å². The van der Waals surface area contributed by atoms with Crippen molar-refractivity contribution in [3.8, 4) is 5.75 Å². The zero-order valence-electron chi connectivity index (χ0n) is 19.6. The van der Waals surface area contributed by atoms with Gasteiger partial charge < -0.3 is 14.8 Å². The largest absolute Gasteiger partial charge is 0.488 e. The first-order chi connectivity index (χ1) is 15.9. The third kappa shape index (κ3) is 6.06. The number of anilines is 2. The van der Waals surface area contributed by atoms with Gasteiger partial charge in [0.1, 0.15) is 23.7 Å². The lowest BCUT2D eigenvalue weighted by atomic mass is 9.94. The Bertz CT molecular complexity index is 1160. The molecule has 4 rings (SSSR count). The van der Waals surface area contributed by atoms with E-state index in [1.54, 1.807) is 6.07 Å². The molecule has 33 heavy (non-hydrogen) atoms. The van der Waals surface area contributed by atoms with Crippen molar-refractivity contribution in [2.24, 2.45) is 10.3 Å². The van der Waals surface area contributed by atoms with Crippen LogP contribution in [0.1, 0.15) is 31.7 Å². The molecule has 3 aromatic rings. The highest BCUT2D eigenvalue weighted by molar-refractivity contribution is 7.85. The number of fused-ring (bicyclic) bond motifs is 1. The maximum atomic E-state index is 14.1. The van der Waals surface area contributed by atoms with Gasteiger partial charge in [-0.05, 0) is 81.4 Å². The maximum absolute atomic E-state index is 14.1. The molecule has 1 saturated heterocycles. The van der Waals surface area contributed by atoms with Gasteiger partial charge in [0, 0.05) is 24.7 Å². The summed E-state index contributed by atoms with van der Waals surface area (Å²) in [5, 5.41) is 4.27. The van der Waals surface area contributed by atoms with Crippen LogP contribution in [0, 0.1) is 18.7 Å². The van der Waals surface area contributed by atoms with E-state index in [9.17, 15) is 4.39 Å². The van der Waals surface area contributed by atoms with Crippen LogP contribution in [-0.2, 0) is 15.4 Å². The Morgan fingerprint density at radius 2 is 2.00 bits per heavy atom. The van der Waals surface area contributed by atoms with E-state index in [-0.39, 0.29) is 22.6 Å². The van der Waals surface area contributed by atoms with E-state index in [1.165, 1.54) is 18.5 Å². The Labute approximate surface area is 197 Å². The summed E-state index contributed by atoms with van der Waals surface area (Å²) in [6.07, 6.45) is 8.64. The standard InChI is InChI=1S/C25H31FN4O2S/c1-16-11-20(30-33(3)4)14-22-24(16)25(28-15-27-22)29-21-6-5-19(26)13-23(21)32-17(2)12-18-7-9-31-10-8-18/h5-6,11,13-15,17-18H,7-10,12H2,1-4H3,(H,27,28,29). The number of aromatic nitrogens is 2. The Morgan fingerprint density at radius 1 is 1.21 bits per heavy atom. The molecule has 1 aliphatic heterocycles. The van der Waals surface area contributed by atoms with Crippen LogP contribution in [0.2, 0.25) is 0 Å². The van der Waals surface area contributed by atoms with E-state index in [4.69, 9.17) is 9.47 Å². The van der Waals surface area contributed by atoms with E-state index < -0.39 is 0 Å². The van der Waals surface area contributed by atoms with Gasteiger partial charge in [0.2, 0.25) is 0 Å². The van der Waals surface area contributed by atoms with Gasteiger partial charge in [0.25, 0.3) is 0 Å². The number of rotatable bonds is 7. The SMILES string of the molecule is Cc1cc(N=S(C)C)cc2ncnc(Nc3ccc(F)cc3OC(C)CC3CCOCC3)c12. The quantitative estimate of drug-likeness (QED) is 0.452. The van der Waals surface area contributed by atoms with Gasteiger partial charge in [0.15, 0.2) is 0 Å². The van der Waals surface area contributed by atoms with Crippen LogP contribution in [0.5, 0.6) is 5.75 Å². The van der Waals surface area contributed by atoms with Crippen molar-refractivity contribution < 1.29 is 13.9 Å². The molecule has 6 nitrogen and oxygen atoms in total. The van der Waals surface area contributed by atoms with Crippen LogP contribution < -0.4 is 10.1 Å². The number of nitrogens with zero attached hydrogens (tertiary/aromatic N) is 3. The van der Waals surface area contributed by atoms with Crippen molar-refractivity contribution in [1.82, 2.24) is 9.97 Å². The monoisotopic (exact) mass is 470 g/mol. The van der Waals surface area contributed by atoms with Crippen molar-refractivity contribution in [1.29, 1.82) is 0 Å². The van der Waals surface area contributed by atoms with Crippen LogP contribution in [-0.4, -0.2) is 41.8 Å². The predicted octanol–water partition coefficient (Wildman–Crippen LogP) is 6.10. The molecule has 0 radical (unpaired) electrons. The highest BCUT2D eigenvalue weighted by Crippen LogP contribution is 2.34. The number of halogens is 1. The fraction of sp³-hybridized carbons (Fsp3) is 0.440. The van der Waals surface area contributed by atoms with Crippen molar-refractivity contribution in [3.05, 3.63) is 48.0 Å². The summed E-state index contributed by atoms with van der Waals surface area (Å²) >= 11 is 0. The molecule has 0 bridgehead atoms. The molecule has 2 aromatic carbocycles. The molecule has 0 spiro atoms. The summed E-state index contributed by atoms with van der Waals surface area (Å²) < 4.78 is 30.4. The summed E-state index contributed by atoms with van der Waals surface area (Å²) in [4.78, 5) is 8.93. The number of aryl methyl sites for hydroxylation is 1. The van der Waals surface area contributed by atoms with Crippen LogP contribution in [0.4, 0.5) is 21.6 Å². The van der Waals surface area contributed by atoms with E-state index in [2.05, 4.69) is 32.2 Å². The first kappa shape index (κ1) is 23.6. The zero-order valence-corrected chi connectivity index (χ0v) is 20.4. The minimum atomic E-state index is -0.335. The van der Waals surface area contributed by atoms with Crippen molar-refractivity contribution >= 4 is 38.8 Å². The summed E-state index contributed by atoms with van der Waals surface area (Å²) in [5.74, 6) is 1.37. The van der Waals surface area contributed by atoms with Crippen molar-refractivity contribution in [2.45, 2.75) is 39.2 Å². The van der Waals surface area contributed by atoms with Gasteiger partial charge in [0.05, 0.1) is 23.0 Å². The molecule has 2 heterocycles. The Hall–Kier alpha value is -2.58. The minimum Gasteiger partial charge on any atom is -0.488 e. The summed E-state index contributed by atoms with van der Waals surface area (Å²) in [6.45, 7) is 5.67. The summed E-state index contributed by atoms with van der Waals surface area (Å²) in [5.41, 5.74) is 3.42. The van der Waals surface area contributed by atoms with E-state index in [0.717, 1.165) is 54.6 Å². The summed E-state index contributed by atoms with van der Waals surface area (Å²) in [6, 6.07) is 8.57. The lowest BCUT2D eigenvalue weighted by molar-refractivity contribution is 0.0507. The van der Waals surface area contributed by atoms with Gasteiger partial charge in [-0.3, -0.25) is 0 Å². The Kier molecular flexibility index (Phi) is 7.55. The highest BCUT2D eigenvalue weighted by Gasteiger charge is 2.19. The second-order valence-electron chi connectivity index (χ2n) is 8.73. The number of nitrogens with one attached hydrogen (secondary N) is 1. The molecule has 1 aliphatic rings. The first-order valence-electron chi connectivity index (χ1n) is 11.2. The Morgan fingerprint density at radius 3 is 2.76 bits per heavy atom. The molecule has 1 N–H and O–H groups in total. The highest BCUT2D eigenvalue weighted by atomic mass is 32.2. The smallest absolute Gasteiger partial charge is 0.146 e. The topological polar surface area (TPSA) is 68.6 Å². The van der Waals surface area contributed by atoms with E-state index in [0.29, 0.717) is 23.2 Å².